The van der Waals surface area contributed by atoms with Crippen LogP contribution < -0.4 is 0 Å². The fourth-order valence-electron chi connectivity index (χ4n) is 3.01. The topological polar surface area (TPSA) is 0 Å². The van der Waals surface area contributed by atoms with Gasteiger partial charge >= 0.3 is 0 Å². The molecule has 0 nitrogen and oxygen atoms in total. The standard InChI is InChI=1S/C12H22/c1-6-10-11(2,3)8-7-9-12(10,4)5/h6,10H,1,7-9H2,2-5H3. The Hall–Kier alpha value is -0.260. The minimum absolute atomic E-state index is 0.462. The van der Waals surface area contributed by atoms with Gasteiger partial charge in [-0.15, -0.1) is 6.58 Å². The fourth-order valence-corrected chi connectivity index (χ4v) is 3.01. The van der Waals surface area contributed by atoms with Crippen molar-refractivity contribution in [3.05, 3.63) is 12.7 Å². The third-order valence-corrected chi connectivity index (χ3v) is 3.56. The van der Waals surface area contributed by atoms with Crippen LogP contribution in [0, 0.1) is 16.7 Å². The van der Waals surface area contributed by atoms with E-state index in [1.54, 1.807) is 0 Å². The summed E-state index contributed by atoms with van der Waals surface area (Å²) in [5.74, 6) is 0.679. The van der Waals surface area contributed by atoms with Crippen LogP contribution in [0.25, 0.3) is 0 Å². The van der Waals surface area contributed by atoms with Crippen molar-refractivity contribution in [3.63, 3.8) is 0 Å². The van der Waals surface area contributed by atoms with Gasteiger partial charge in [0, 0.05) is 0 Å². The number of hydrogen-bond acceptors (Lipinski definition) is 0. The lowest BCUT2D eigenvalue weighted by molar-refractivity contribution is 0.0501. The van der Waals surface area contributed by atoms with Crippen molar-refractivity contribution in [2.24, 2.45) is 16.7 Å². The van der Waals surface area contributed by atoms with Crippen LogP contribution >= 0.6 is 0 Å². The van der Waals surface area contributed by atoms with Gasteiger partial charge in [0.15, 0.2) is 0 Å². The van der Waals surface area contributed by atoms with Gasteiger partial charge < -0.3 is 0 Å². The molecule has 0 aromatic carbocycles. The van der Waals surface area contributed by atoms with Crippen LogP contribution in [0.1, 0.15) is 47.0 Å². The van der Waals surface area contributed by atoms with Gasteiger partial charge in [-0.05, 0) is 29.6 Å². The molecule has 0 radical (unpaired) electrons. The molecule has 0 aromatic rings. The van der Waals surface area contributed by atoms with Crippen LogP contribution in [0.3, 0.4) is 0 Å². The zero-order chi connectivity index (χ0) is 9.41. The van der Waals surface area contributed by atoms with Gasteiger partial charge in [-0.2, -0.15) is 0 Å². The molecule has 1 rings (SSSR count). The lowest BCUT2D eigenvalue weighted by Gasteiger charge is -2.48. The average Bonchev–Trinajstić information content (AvgIpc) is 1.83. The van der Waals surface area contributed by atoms with Gasteiger partial charge in [0.2, 0.25) is 0 Å². The molecule has 0 unspecified atom stereocenters. The monoisotopic (exact) mass is 166 g/mol. The molecule has 0 heteroatoms. The van der Waals surface area contributed by atoms with Crippen LogP contribution in [-0.4, -0.2) is 0 Å². The highest BCUT2D eigenvalue weighted by atomic mass is 14.5. The molecule has 0 spiro atoms. The molecular weight excluding hydrogens is 144 g/mol. The average molecular weight is 166 g/mol. The number of rotatable bonds is 1. The third-order valence-electron chi connectivity index (χ3n) is 3.56. The van der Waals surface area contributed by atoms with Crippen molar-refractivity contribution in [2.75, 3.05) is 0 Å². The van der Waals surface area contributed by atoms with E-state index >= 15 is 0 Å². The second-order valence-electron chi connectivity index (χ2n) is 5.54. The Bertz CT molecular complexity index is 158. The second kappa shape index (κ2) is 2.90. The predicted molar refractivity (Wildman–Crippen MR) is 55.1 cm³/mol. The summed E-state index contributed by atoms with van der Waals surface area (Å²) in [5, 5.41) is 0. The molecule has 0 bridgehead atoms. The largest absolute Gasteiger partial charge is 0.103 e. The van der Waals surface area contributed by atoms with E-state index in [-0.39, 0.29) is 0 Å². The van der Waals surface area contributed by atoms with E-state index in [1.165, 1.54) is 19.3 Å². The van der Waals surface area contributed by atoms with E-state index in [9.17, 15) is 0 Å². The molecule has 0 amide bonds. The SMILES string of the molecule is C=CC1C(C)(C)CCCC1(C)C. The minimum atomic E-state index is 0.462. The molecule has 0 heterocycles. The maximum Gasteiger partial charge on any atom is -0.0133 e. The molecule has 1 saturated carbocycles. The van der Waals surface area contributed by atoms with Crippen LogP contribution in [0.2, 0.25) is 0 Å². The lowest BCUT2D eigenvalue weighted by atomic mass is 9.57. The highest BCUT2D eigenvalue weighted by molar-refractivity contribution is 5.01. The van der Waals surface area contributed by atoms with E-state index in [0.29, 0.717) is 16.7 Å². The van der Waals surface area contributed by atoms with Crippen molar-refractivity contribution >= 4 is 0 Å². The molecule has 1 aliphatic carbocycles. The summed E-state index contributed by atoms with van der Waals surface area (Å²) in [6.07, 6.45) is 6.25. The first-order valence-corrected chi connectivity index (χ1v) is 5.03. The van der Waals surface area contributed by atoms with Crippen molar-refractivity contribution < 1.29 is 0 Å². The molecule has 0 N–H and O–H groups in total. The van der Waals surface area contributed by atoms with Crippen LogP contribution in [0.5, 0.6) is 0 Å². The van der Waals surface area contributed by atoms with E-state index in [1.807, 2.05) is 0 Å². The van der Waals surface area contributed by atoms with Crippen LogP contribution in [0.15, 0.2) is 12.7 Å². The fraction of sp³-hybridized carbons (Fsp3) is 0.833. The summed E-state index contributed by atoms with van der Waals surface area (Å²) < 4.78 is 0. The van der Waals surface area contributed by atoms with Gasteiger partial charge in [-0.3, -0.25) is 0 Å². The Morgan fingerprint density at radius 1 is 1.08 bits per heavy atom. The van der Waals surface area contributed by atoms with Crippen LogP contribution in [0.4, 0.5) is 0 Å². The van der Waals surface area contributed by atoms with Gasteiger partial charge in [0.05, 0.1) is 0 Å². The molecule has 1 fully saturated rings. The summed E-state index contributed by atoms with van der Waals surface area (Å²) in [7, 11) is 0. The second-order valence-corrected chi connectivity index (χ2v) is 5.54. The highest BCUT2D eigenvalue weighted by Crippen LogP contribution is 2.51. The molecule has 0 atom stereocenters. The Labute approximate surface area is 77.1 Å². The van der Waals surface area contributed by atoms with Gasteiger partial charge in [0.1, 0.15) is 0 Å². The van der Waals surface area contributed by atoms with Crippen LogP contribution in [-0.2, 0) is 0 Å². The van der Waals surface area contributed by atoms with Crippen molar-refractivity contribution in [2.45, 2.75) is 47.0 Å². The summed E-state index contributed by atoms with van der Waals surface area (Å²) in [5.41, 5.74) is 0.924. The van der Waals surface area contributed by atoms with Gasteiger partial charge in [-0.1, -0.05) is 40.2 Å². The Kier molecular flexibility index (Phi) is 2.38. The van der Waals surface area contributed by atoms with E-state index in [0.717, 1.165) is 0 Å². The van der Waals surface area contributed by atoms with E-state index in [2.05, 4.69) is 40.3 Å². The molecular formula is C12H22. The Morgan fingerprint density at radius 2 is 1.50 bits per heavy atom. The first-order chi connectivity index (χ1) is 5.40. The molecule has 0 aliphatic heterocycles. The lowest BCUT2D eigenvalue weighted by Crippen LogP contribution is -2.38. The maximum absolute atomic E-state index is 3.98. The van der Waals surface area contributed by atoms with E-state index in [4.69, 9.17) is 0 Å². The Morgan fingerprint density at radius 3 is 1.75 bits per heavy atom. The van der Waals surface area contributed by atoms with Gasteiger partial charge in [-0.25, -0.2) is 0 Å². The van der Waals surface area contributed by atoms with Crippen molar-refractivity contribution in [1.29, 1.82) is 0 Å². The molecule has 12 heavy (non-hydrogen) atoms. The first kappa shape index (κ1) is 9.83. The third kappa shape index (κ3) is 1.57. The summed E-state index contributed by atoms with van der Waals surface area (Å²) >= 11 is 0. The maximum atomic E-state index is 3.98. The molecule has 0 saturated heterocycles. The Balaban J connectivity index is 2.88. The predicted octanol–water partition coefficient (Wildman–Crippen LogP) is 4.02. The first-order valence-electron chi connectivity index (χ1n) is 5.03. The van der Waals surface area contributed by atoms with Crippen molar-refractivity contribution in [1.82, 2.24) is 0 Å². The highest BCUT2D eigenvalue weighted by Gasteiger charge is 2.41. The summed E-state index contributed by atoms with van der Waals surface area (Å²) in [6.45, 7) is 13.5. The van der Waals surface area contributed by atoms with E-state index < -0.39 is 0 Å². The quantitative estimate of drug-likeness (QED) is 0.516. The molecule has 1 aliphatic rings. The number of allylic oxidation sites excluding steroid dienone is 1. The smallest absolute Gasteiger partial charge is 0.0133 e. The number of hydrogen-bond donors (Lipinski definition) is 0. The zero-order valence-corrected chi connectivity index (χ0v) is 8.98. The molecule has 70 valence electrons. The summed E-state index contributed by atoms with van der Waals surface area (Å²) in [4.78, 5) is 0. The van der Waals surface area contributed by atoms with Gasteiger partial charge in [0.25, 0.3) is 0 Å². The molecule has 0 aromatic heterocycles. The van der Waals surface area contributed by atoms with Crippen molar-refractivity contribution in [3.8, 4) is 0 Å². The normalized spacial score (nSPS) is 28.3. The minimum Gasteiger partial charge on any atom is -0.103 e. The summed E-state index contributed by atoms with van der Waals surface area (Å²) in [6, 6.07) is 0. The zero-order valence-electron chi connectivity index (χ0n) is 8.98.